The number of hydrogen-bond acceptors (Lipinski definition) is 7. The first-order valence-electron chi connectivity index (χ1n) is 11.7. The Kier molecular flexibility index (Phi) is 22.1. The molecule has 0 spiro atoms. The van der Waals surface area contributed by atoms with Gasteiger partial charge < -0.3 is 44.5 Å². The van der Waals surface area contributed by atoms with Crippen molar-refractivity contribution < 1.29 is 38.9 Å². The molecule has 0 amide bonds. The minimum atomic E-state index is -0.471. The van der Waals surface area contributed by atoms with Gasteiger partial charge in [0.15, 0.2) is 0 Å². The topological polar surface area (TPSA) is 165 Å². The maximum atomic E-state index is 10.3. The molecule has 0 aliphatic rings. The molecule has 3 N–H and O–H groups in total. The zero-order valence-electron chi connectivity index (χ0n) is 21.9. The molecular weight excluding hydrogens is 627 g/mol. The lowest BCUT2D eigenvalue weighted by molar-refractivity contribution is -0.385. The van der Waals surface area contributed by atoms with Gasteiger partial charge in [0.2, 0.25) is 13.1 Å². The van der Waals surface area contributed by atoms with Gasteiger partial charge in [-0.3, -0.25) is 20.2 Å². The molecule has 3 aromatic rings. The lowest BCUT2D eigenvalue weighted by atomic mass is 10.1. The molecule has 0 saturated heterocycles. The number of nitro benzene ring substituents is 2. The van der Waals surface area contributed by atoms with E-state index in [0.717, 1.165) is 17.7 Å². The summed E-state index contributed by atoms with van der Waals surface area (Å²) in [6.07, 6.45) is 2.10. The van der Waals surface area contributed by atoms with Crippen LogP contribution in [0.15, 0.2) is 72.8 Å². The Labute approximate surface area is 250 Å². The van der Waals surface area contributed by atoms with Gasteiger partial charge in [-0.2, -0.15) is 5.26 Å². The van der Waals surface area contributed by atoms with E-state index in [4.69, 9.17) is 29.2 Å². The van der Waals surface area contributed by atoms with Crippen LogP contribution < -0.4 is 29.7 Å². The molecule has 3 rings (SSSR count). The van der Waals surface area contributed by atoms with Gasteiger partial charge in [-0.05, 0) is 41.0 Å². The van der Waals surface area contributed by atoms with E-state index in [-0.39, 0.29) is 42.0 Å². The third-order valence-corrected chi connectivity index (χ3v) is 4.64. The van der Waals surface area contributed by atoms with Crippen LogP contribution >= 0.6 is 0 Å². The zero-order valence-corrected chi connectivity index (χ0v) is 24.1. The second-order valence-corrected chi connectivity index (χ2v) is 7.52. The molecule has 0 saturated carbocycles. The lowest BCUT2D eigenvalue weighted by Gasteiger charge is -1.95. The standard InChI is InChI=1S/C9H8N2O2.C9H10N2.C7H7NO3.C3H5N.HI/c1-10-7-6-8-2-4-9(5-3-8)11(12)13;1-11-7-6-8-2-4-9(10)5-3-8;9-5-6-1-3-7(4-2-6)8(10)11;1-2-3-4;/h2-5H,6-7H2;2-5H,6-7,10H2;1-4,9H,5H2;2H2,1H3;1H/p-1. The van der Waals surface area contributed by atoms with Crippen molar-refractivity contribution in [3.63, 3.8) is 0 Å². The fourth-order valence-corrected chi connectivity index (χ4v) is 2.56. The van der Waals surface area contributed by atoms with Crippen molar-refractivity contribution >= 4 is 17.1 Å². The minimum Gasteiger partial charge on any atom is -1.00 e. The molecule has 0 unspecified atom stereocenters. The third-order valence-electron chi connectivity index (χ3n) is 4.64. The highest BCUT2D eigenvalue weighted by molar-refractivity contribution is 5.39. The Hall–Kier alpha value is -4.58. The van der Waals surface area contributed by atoms with E-state index >= 15 is 0 Å². The fourth-order valence-electron chi connectivity index (χ4n) is 2.56. The summed E-state index contributed by atoms with van der Waals surface area (Å²) in [7, 11) is 0. The van der Waals surface area contributed by atoms with Crippen molar-refractivity contribution in [3.8, 4) is 6.07 Å². The number of nitriles is 1. The maximum absolute atomic E-state index is 10.3. The van der Waals surface area contributed by atoms with Gasteiger partial charge >= 0.3 is 0 Å². The number of nitrogens with zero attached hydrogens (tertiary/aromatic N) is 5. The minimum absolute atomic E-state index is 0. The average Bonchev–Trinajstić information content (AvgIpc) is 2.96. The van der Waals surface area contributed by atoms with E-state index in [1.165, 1.54) is 42.0 Å². The van der Waals surface area contributed by atoms with Crippen LogP contribution in [-0.2, 0) is 19.4 Å². The quantitative estimate of drug-likeness (QED) is 0.130. The molecule has 210 valence electrons. The Balaban J connectivity index is 0. The Morgan fingerprint density at radius 2 is 1.12 bits per heavy atom. The molecule has 0 bridgehead atoms. The van der Waals surface area contributed by atoms with Crippen LogP contribution in [0.2, 0.25) is 0 Å². The summed E-state index contributed by atoms with van der Waals surface area (Å²) in [6, 6.07) is 21.6. The second kappa shape index (κ2) is 23.5. The molecule has 12 heteroatoms. The summed E-state index contributed by atoms with van der Waals surface area (Å²) in [4.78, 5) is 26.0. The van der Waals surface area contributed by atoms with Crippen molar-refractivity contribution in [1.82, 2.24) is 0 Å². The molecule has 0 aromatic heterocycles. The van der Waals surface area contributed by atoms with Gasteiger partial charge in [-0.1, -0.05) is 31.2 Å². The van der Waals surface area contributed by atoms with Crippen molar-refractivity contribution in [1.29, 1.82) is 5.26 Å². The summed E-state index contributed by atoms with van der Waals surface area (Å²) < 4.78 is 0. The summed E-state index contributed by atoms with van der Waals surface area (Å²) in [6.45, 7) is 15.9. The molecule has 0 fully saturated rings. The largest absolute Gasteiger partial charge is 1.00 e. The molecule has 0 aliphatic heterocycles. The van der Waals surface area contributed by atoms with Crippen LogP contribution in [0.3, 0.4) is 0 Å². The van der Waals surface area contributed by atoms with E-state index < -0.39 is 9.85 Å². The number of halogens is 1. The smallest absolute Gasteiger partial charge is 0.269 e. The number of nitro groups is 2. The van der Waals surface area contributed by atoms with Gasteiger partial charge in [-0.25, -0.2) is 13.1 Å². The highest BCUT2D eigenvalue weighted by Crippen LogP contribution is 2.12. The van der Waals surface area contributed by atoms with Crippen LogP contribution in [0.25, 0.3) is 9.69 Å². The molecule has 0 aliphatic carbocycles. The van der Waals surface area contributed by atoms with Gasteiger partial charge in [-0.15, -0.1) is 0 Å². The maximum Gasteiger partial charge on any atom is 0.269 e. The molecule has 3 aromatic carbocycles. The summed E-state index contributed by atoms with van der Waals surface area (Å²) in [5.74, 6) is 0. The third kappa shape index (κ3) is 17.8. The molecule has 11 nitrogen and oxygen atoms in total. The molecule has 40 heavy (non-hydrogen) atoms. The number of hydrogen-bond donors (Lipinski definition) is 2. The first-order chi connectivity index (χ1) is 18.7. The predicted octanol–water partition coefficient (Wildman–Crippen LogP) is 2.80. The van der Waals surface area contributed by atoms with Gasteiger partial charge in [0.1, 0.15) is 0 Å². The van der Waals surface area contributed by atoms with Crippen LogP contribution in [0.4, 0.5) is 17.1 Å². The lowest BCUT2D eigenvalue weighted by Crippen LogP contribution is -3.00. The van der Waals surface area contributed by atoms with E-state index in [2.05, 4.69) is 9.69 Å². The van der Waals surface area contributed by atoms with Crippen LogP contribution in [0.5, 0.6) is 0 Å². The zero-order chi connectivity index (χ0) is 29.5. The monoisotopic (exact) mass is 657 g/mol. The number of rotatable bonds is 7. The highest BCUT2D eigenvalue weighted by Gasteiger charge is 2.04. The van der Waals surface area contributed by atoms with E-state index in [9.17, 15) is 20.2 Å². The number of aliphatic hydroxyl groups excluding tert-OH is 1. The SMILES string of the molecule is CCC#N.O=[N+]([O-])c1ccc(CO)cc1.[C-]#[N+]CCc1ccc(N)cc1.[C-]#[N+]CCc1ccc([N+](=O)[O-])cc1.[I-]. The number of non-ortho nitro benzene ring substituents is 2. The molecular formula is C28H30IN6O5-. The fraction of sp³-hybridized carbons (Fsp3) is 0.250. The van der Waals surface area contributed by atoms with E-state index in [1.54, 1.807) is 12.1 Å². The number of aliphatic hydroxyl groups is 1. The van der Waals surface area contributed by atoms with Crippen LogP contribution in [0.1, 0.15) is 30.0 Å². The first kappa shape index (κ1) is 37.6. The van der Waals surface area contributed by atoms with Crippen LogP contribution in [-0.4, -0.2) is 28.0 Å². The Bertz CT molecular complexity index is 1260. The van der Waals surface area contributed by atoms with E-state index in [1.807, 2.05) is 37.3 Å². The summed E-state index contributed by atoms with van der Waals surface area (Å²) in [5, 5.41) is 36.6. The normalized spacial score (nSPS) is 8.57. The molecule has 0 atom stereocenters. The first-order valence-corrected chi connectivity index (χ1v) is 11.7. The van der Waals surface area contributed by atoms with Gasteiger partial charge in [0, 0.05) is 49.2 Å². The van der Waals surface area contributed by atoms with Crippen molar-refractivity contribution in [2.24, 2.45) is 0 Å². The Morgan fingerprint density at radius 1 is 0.800 bits per heavy atom. The van der Waals surface area contributed by atoms with Crippen molar-refractivity contribution in [2.45, 2.75) is 32.8 Å². The number of nitrogens with two attached hydrogens (primary N) is 1. The van der Waals surface area contributed by atoms with Crippen molar-refractivity contribution in [3.05, 3.63) is 133 Å². The van der Waals surface area contributed by atoms with Crippen LogP contribution in [0, 0.1) is 44.7 Å². The molecule has 0 radical (unpaired) electrons. The van der Waals surface area contributed by atoms with Crippen molar-refractivity contribution in [2.75, 3.05) is 18.8 Å². The second-order valence-electron chi connectivity index (χ2n) is 7.52. The average molecular weight is 657 g/mol. The van der Waals surface area contributed by atoms with Gasteiger partial charge in [0.25, 0.3) is 11.4 Å². The number of benzene rings is 3. The number of nitrogen functional groups attached to an aromatic ring is 1. The predicted molar refractivity (Wildman–Crippen MR) is 149 cm³/mol. The number of anilines is 1. The summed E-state index contributed by atoms with van der Waals surface area (Å²) in [5.41, 5.74) is 9.21. The molecule has 0 heterocycles. The Morgan fingerprint density at radius 3 is 1.40 bits per heavy atom. The van der Waals surface area contributed by atoms with E-state index in [0.29, 0.717) is 31.5 Å². The summed E-state index contributed by atoms with van der Waals surface area (Å²) >= 11 is 0. The highest BCUT2D eigenvalue weighted by atomic mass is 127. The van der Waals surface area contributed by atoms with Gasteiger partial charge in [0.05, 0.1) is 22.5 Å².